The smallest absolute Gasteiger partial charge is 0.147 e. The number of ether oxygens (including phenoxy) is 8. The van der Waals surface area contributed by atoms with Crippen molar-refractivity contribution in [1.82, 2.24) is 0 Å². The van der Waals surface area contributed by atoms with E-state index in [4.69, 9.17) is 45.7 Å². The van der Waals surface area contributed by atoms with Crippen LogP contribution >= 0.6 is 15.9 Å². The lowest BCUT2D eigenvalue weighted by Gasteiger charge is -2.46. The molecule has 2 radical (unpaired) electrons. The summed E-state index contributed by atoms with van der Waals surface area (Å²) in [4.78, 5) is 0. The molecule has 314 valence electrons. The molecule has 0 unspecified atom stereocenters. The molecule has 0 atom stereocenters. The first-order valence-electron chi connectivity index (χ1n) is 20.7. The molecule has 0 spiro atoms. The average molecular weight is 876 g/mol. The molecule has 0 aromatic heterocycles. The number of hydrogen-bond donors (Lipinski definition) is 0. The molecular weight excluding hydrogens is 819 g/mol. The minimum Gasteiger partial charge on any atom is -0.359 e. The van der Waals surface area contributed by atoms with E-state index in [1.54, 1.807) is 28.4 Å². The lowest BCUT2D eigenvalue weighted by atomic mass is 9.70. The molecule has 2 fully saturated rings. The van der Waals surface area contributed by atoms with Gasteiger partial charge in [0.25, 0.3) is 0 Å². The summed E-state index contributed by atoms with van der Waals surface area (Å²) in [5, 5.41) is 0. The fourth-order valence-corrected chi connectivity index (χ4v) is 9.46. The molecule has 0 saturated heterocycles. The van der Waals surface area contributed by atoms with Crippen molar-refractivity contribution in [2.24, 2.45) is 0 Å². The summed E-state index contributed by atoms with van der Waals surface area (Å²) < 4.78 is 48.6. The van der Waals surface area contributed by atoms with Crippen LogP contribution in [0.1, 0.15) is 73.6 Å². The highest BCUT2D eigenvalue weighted by molar-refractivity contribution is 9.10. The summed E-state index contributed by atoms with van der Waals surface area (Å²) in [6.45, 7) is 0.854. The van der Waals surface area contributed by atoms with E-state index in [0.29, 0.717) is 0 Å². The number of halogens is 1. The molecule has 2 aliphatic rings. The Labute approximate surface area is 365 Å². The van der Waals surface area contributed by atoms with E-state index in [0.717, 1.165) is 106 Å². The summed E-state index contributed by atoms with van der Waals surface area (Å²) in [6.07, 6.45) is 6.13. The van der Waals surface area contributed by atoms with Crippen molar-refractivity contribution >= 4 is 29.2 Å². The summed E-state index contributed by atoms with van der Waals surface area (Å²) >= 11 is 3.58. The molecule has 2 aliphatic carbocycles. The van der Waals surface area contributed by atoms with Crippen LogP contribution in [0.25, 0.3) is 22.3 Å². The number of rotatable bonds is 18. The lowest BCUT2D eigenvalue weighted by molar-refractivity contribution is -0.203. The van der Waals surface area contributed by atoms with Gasteiger partial charge < -0.3 is 37.9 Å². The second-order valence-corrected chi connectivity index (χ2v) is 17.0. The van der Waals surface area contributed by atoms with E-state index in [9.17, 15) is 0 Å². The van der Waals surface area contributed by atoms with Gasteiger partial charge in [0.1, 0.15) is 35.0 Å². The van der Waals surface area contributed by atoms with Crippen molar-refractivity contribution in [2.75, 3.05) is 55.6 Å². The molecular formula is C50H56BBrO8. The van der Waals surface area contributed by atoms with Crippen LogP contribution in [0.3, 0.4) is 0 Å². The van der Waals surface area contributed by atoms with Gasteiger partial charge in [0.05, 0.1) is 22.4 Å². The number of benzene rings is 5. The predicted molar refractivity (Wildman–Crippen MR) is 239 cm³/mol. The van der Waals surface area contributed by atoms with Crippen LogP contribution in [0.15, 0.2) is 126 Å². The van der Waals surface area contributed by atoms with Crippen molar-refractivity contribution in [1.29, 1.82) is 0 Å². The minimum absolute atomic E-state index is 0.205. The zero-order valence-corrected chi connectivity index (χ0v) is 36.8. The largest absolute Gasteiger partial charge is 0.359 e. The lowest BCUT2D eigenvalue weighted by Crippen LogP contribution is -2.43. The highest BCUT2D eigenvalue weighted by Crippen LogP contribution is 2.51. The molecule has 60 heavy (non-hydrogen) atoms. The maximum atomic E-state index is 6.54. The Kier molecular flexibility index (Phi) is 14.8. The fourth-order valence-electron chi connectivity index (χ4n) is 9.20. The van der Waals surface area contributed by atoms with Crippen molar-refractivity contribution in [3.8, 4) is 22.3 Å². The van der Waals surface area contributed by atoms with Gasteiger partial charge in [-0.05, 0) is 108 Å². The molecule has 0 N–H and O–H groups in total. The van der Waals surface area contributed by atoms with Crippen molar-refractivity contribution in [3.63, 3.8) is 0 Å². The quantitative estimate of drug-likeness (QED) is 0.0637. The molecule has 8 nitrogen and oxygen atoms in total. The van der Waals surface area contributed by atoms with Crippen LogP contribution in [0.2, 0.25) is 0 Å². The van der Waals surface area contributed by atoms with E-state index >= 15 is 0 Å². The summed E-state index contributed by atoms with van der Waals surface area (Å²) in [7, 11) is 12.7. The molecule has 5 aromatic carbocycles. The Morgan fingerprint density at radius 2 is 0.583 bits per heavy atom. The monoisotopic (exact) mass is 874 g/mol. The van der Waals surface area contributed by atoms with E-state index in [1.807, 2.05) is 12.1 Å². The molecule has 0 bridgehead atoms. The van der Waals surface area contributed by atoms with Crippen molar-refractivity contribution in [2.45, 2.75) is 73.8 Å². The summed E-state index contributed by atoms with van der Waals surface area (Å²) in [5.41, 5.74) is 7.86. The van der Waals surface area contributed by atoms with Gasteiger partial charge in [-0.2, -0.15) is 0 Å². The van der Waals surface area contributed by atoms with Gasteiger partial charge in [0.15, 0.2) is 0 Å². The van der Waals surface area contributed by atoms with Gasteiger partial charge in [0, 0.05) is 32.9 Å². The second-order valence-electron chi connectivity index (χ2n) is 16.0. The highest BCUT2D eigenvalue weighted by Gasteiger charge is 2.48. The van der Waals surface area contributed by atoms with Gasteiger partial charge in [-0.1, -0.05) is 131 Å². The van der Waals surface area contributed by atoms with Crippen LogP contribution < -0.4 is 5.46 Å². The molecule has 10 heteroatoms. The topological polar surface area (TPSA) is 73.8 Å². The summed E-state index contributed by atoms with van der Waals surface area (Å²) in [6, 6.07) is 42.7. The normalized spacial score (nSPS) is 24.4. The zero-order chi connectivity index (χ0) is 42.1. The Balaban J connectivity index is 1.05. The van der Waals surface area contributed by atoms with Gasteiger partial charge in [-0.3, -0.25) is 0 Å². The van der Waals surface area contributed by atoms with E-state index in [-0.39, 0.29) is 27.2 Å². The molecule has 0 heterocycles. The third kappa shape index (κ3) is 9.68. The van der Waals surface area contributed by atoms with Crippen LogP contribution in [0.4, 0.5) is 0 Å². The van der Waals surface area contributed by atoms with Crippen molar-refractivity contribution in [3.05, 3.63) is 148 Å². The Bertz CT molecular complexity index is 1920. The van der Waals surface area contributed by atoms with Gasteiger partial charge in [-0.15, -0.1) is 0 Å². The molecule has 2 saturated carbocycles. The first kappa shape index (κ1) is 44.4. The first-order chi connectivity index (χ1) is 29.2. The molecule has 7 rings (SSSR count). The highest BCUT2D eigenvalue weighted by atomic mass is 79.9. The maximum Gasteiger partial charge on any atom is 0.147 e. The Morgan fingerprint density at radius 3 is 0.833 bits per heavy atom. The Hall–Kier alpha value is -3.68. The van der Waals surface area contributed by atoms with Crippen molar-refractivity contribution < 1.29 is 37.9 Å². The third-order valence-electron chi connectivity index (χ3n) is 12.7. The van der Waals surface area contributed by atoms with Gasteiger partial charge in [0.2, 0.25) is 0 Å². The third-order valence-corrected chi connectivity index (χ3v) is 13.3. The van der Waals surface area contributed by atoms with Gasteiger partial charge >= 0.3 is 0 Å². The number of methoxy groups -OCH3 is 4. The van der Waals surface area contributed by atoms with Crippen LogP contribution in [0.5, 0.6) is 0 Å². The average Bonchev–Trinajstić information content (AvgIpc) is 3.30. The minimum atomic E-state index is -0.510. The Morgan fingerprint density at radius 1 is 0.367 bits per heavy atom. The summed E-state index contributed by atoms with van der Waals surface area (Å²) in [5.74, 6) is 0. The SMILES string of the molecule is [B]c1ccc(C2(OCOC)CCC(OCOC)(c3ccc(-c4ccc(-c5ccc(C6(OCOC)CCC(OCOC)(c7ccc(Br)cc7)CC6)cc5)cc4)cc3)CC2)cc1. The molecule has 0 amide bonds. The fraction of sp³-hybridized carbons (Fsp3) is 0.400. The number of hydrogen-bond acceptors (Lipinski definition) is 8. The van der Waals surface area contributed by atoms with Crippen LogP contribution in [0, 0.1) is 0 Å². The van der Waals surface area contributed by atoms with Gasteiger partial charge in [-0.25, -0.2) is 0 Å². The van der Waals surface area contributed by atoms with E-state index < -0.39 is 22.4 Å². The predicted octanol–water partition coefficient (Wildman–Crippen LogP) is 10.4. The van der Waals surface area contributed by atoms with E-state index in [2.05, 4.69) is 125 Å². The maximum absolute atomic E-state index is 6.54. The second kappa shape index (κ2) is 20.0. The standard InChI is InChI=1S/C50H56BBrO8/c1-53-33-57-47(25-29-49(30-26-47,59-35-55-3)43-17-21-45(51)22-18-43)41-13-9-39(10-14-41)37-5-7-38(8-6-37)40-11-15-42(16-12-40)48(58-34-54-2)27-31-50(32-28-48,60-36-56-4)44-19-23-46(52)24-20-44/h5-24H,25-36H2,1-4H3. The molecule has 0 aliphatic heterocycles. The van der Waals surface area contributed by atoms with Crippen LogP contribution in [-0.4, -0.2) is 63.5 Å². The first-order valence-corrected chi connectivity index (χ1v) is 21.5. The van der Waals surface area contributed by atoms with Crippen LogP contribution in [-0.2, 0) is 60.3 Å². The molecule has 5 aromatic rings. The van der Waals surface area contributed by atoms with E-state index in [1.165, 1.54) is 0 Å². The zero-order valence-electron chi connectivity index (χ0n) is 35.3.